The second-order valence-electron chi connectivity index (χ2n) is 9.38. The summed E-state index contributed by atoms with van der Waals surface area (Å²) in [5.41, 5.74) is 2.32. The Hall–Kier alpha value is -1.92. The smallest absolute Gasteiger partial charge is 0.175 e. The van der Waals surface area contributed by atoms with Crippen molar-refractivity contribution in [3.8, 4) is 17.1 Å². The maximum atomic E-state index is 5.76. The van der Waals surface area contributed by atoms with Gasteiger partial charge in [0.25, 0.3) is 0 Å². The molecule has 2 aromatic heterocycles. The number of para-hydroxylation sites is 1. The van der Waals surface area contributed by atoms with Crippen LogP contribution in [0.1, 0.15) is 63.3 Å². The van der Waals surface area contributed by atoms with Crippen molar-refractivity contribution in [2.75, 3.05) is 13.7 Å². The number of fused-ring (bicyclic) bond motifs is 1. The molecule has 3 heterocycles. The van der Waals surface area contributed by atoms with Gasteiger partial charge in [0.15, 0.2) is 5.82 Å². The van der Waals surface area contributed by atoms with Gasteiger partial charge in [0, 0.05) is 29.7 Å². The number of nitrogens with zero attached hydrogens (tertiary/aromatic N) is 4. The number of piperidine rings is 1. The topological polar surface area (TPSA) is 43.2 Å². The van der Waals surface area contributed by atoms with Gasteiger partial charge in [0.1, 0.15) is 10.8 Å². The monoisotopic (exact) mass is 438 g/mol. The number of ether oxygens (including phenoxy) is 1. The lowest BCUT2D eigenvalue weighted by molar-refractivity contribution is 0.152. The summed E-state index contributed by atoms with van der Waals surface area (Å²) >= 11 is 1.56. The largest absolute Gasteiger partial charge is 0.495 e. The van der Waals surface area contributed by atoms with Crippen LogP contribution in [-0.2, 0) is 13.1 Å². The number of benzene rings is 1. The molecule has 5 rings (SSSR count). The van der Waals surface area contributed by atoms with Crippen LogP contribution < -0.4 is 4.74 Å². The lowest BCUT2D eigenvalue weighted by atomic mass is 9.89. The summed E-state index contributed by atoms with van der Waals surface area (Å²) < 4.78 is 13.0. The molecule has 0 N–H and O–H groups in total. The third kappa shape index (κ3) is 4.37. The zero-order chi connectivity index (χ0) is 21.2. The highest BCUT2D eigenvalue weighted by Gasteiger charge is 2.23. The van der Waals surface area contributed by atoms with Gasteiger partial charge >= 0.3 is 0 Å². The molecule has 6 heteroatoms. The van der Waals surface area contributed by atoms with Crippen molar-refractivity contribution < 1.29 is 4.74 Å². The summed E-state index contributed by atoms with van der Waals surface area (Å²) in [5, 5.41) is 2.32. The summed E-state index contributed by atoms with van der Waals surface area (Å²) in [4.78, 5) is 7.55. The molecule has 0 amide bonds. The molecular formula is C25H34N4OS. The van der Waals surface area contributed by atoms with E-state index in [0.29, 0.717) is 6.04 Å². The fourth-order valence-corrected chi connectivity index (χ4v) is 6.14. The van der Waals surface area contributed by atoms with Gasteiger partial charge in [-0.2, -0.15) is 4.37 Å². The van der Waals surface area contributed by atoms with E-state index in [1.165, 1.54) is 68.8 Å². The molecule has 1 atom stereocenters. The summed E-state index contributed by atoms with van der Waals surface area (Å²) in [6.45, 7) is 5.49. The predicted molar refractivity (Wildman–Crippen MR) is 128 cm³/mol. The highest BCUT2D eigenvalue weighted by molar-refractivity contribution is 7.05. The van der Waals surface area contributed by atoms with Gasteiger partial charge < -0.3 is 9.30 Å². The van der Waals surface area contributed by atoms with Crippen LogP contribution in [0.15, 0.2) is 24.4 Å². The van der Waals surface area contributed by atoms with E-state index in [1.807, 2.05) is 0 Å². The Morgan fingerprint density at radius 1 is 1.10 bits per heavy atom. The highest BCUT2D eigenvalue weighted by Crippen LogP contribution is 2.37. The Labute approximate surface area is 189 Å². The molecule has 5 nitrogen and oxygen atoms in total. The number of aromatic nitrogens is 3. The Kier molecular flexibility index (Phi) is 6.28. The van der Waals surface area contributed by atoms with Crippen molar-refractivity contribution >= 4 is 22.4 Å². The SMILES string of the molecule is COc1cccc2c(-c3nsc(CN4CCCCC4C)n3)cn(CC3CCCCC3)c12. The minimum atomic E-state index is 0.641. The molecule has 1 aliphatic carbocycles. The number of likely N-dealkylation sites (tertiary alicyclic amines) is 1. The van der Waals surface area contributed by atoms with Crippen LogP contribution in [0.5, 0.6) is 5.75 Å². The lowest BCUT2D eigenvalue weighted by Gasteiger charge is -2.32. The molecule has 2 aliphatic rings. The molecule has 31 heavy (non-hydrogen) atoms. The van der Waals surface area contributed by atoms with E-state index in [-0.39, 0.29) is 0 Å². The molecule has 1 aromatic carbocycles. The van der Waals surface area contributed by atoms with Gasteiger partial charge in [0.05, 0.1) is 19.2 Å². The second-order valence-corrected chi connectivity index (χ2v) is 10.2. The van der Waals surface area contributed by atoms with E-state index in [9.17, 15) is 0 Å². The third-order valence-electron chi connectivity index (χ3n) is 7.25. The molecular weight excluding hydrogens is 404 g/mol. The van der Waals surface area contributed by atoms with Gasteiger partial charge in [-0.3, -0.25) is 4.90 Å². The second kappa shape index (κ2) is 9.29. The normalized spacial score (nSPS) is 21.0. The first-order chi connectivity index (χ1) is 15.2. The van der Waals surface area contributed by atoms with Crippen LogP contribution in [-0.4, -0.2) is 38.5 Å². The Bertz CT molecular complexity index is 1020. The van der Waals surface area contributed by atoms with E-state index in [2.05, 4.69) is 40.8 Å². The highest BCUT2D eigenvalue weighted by atomic mass is 32.1. The first-order valence-corrected chi connectivity index (χ1v) is 12.7. The molecule has 3 aromatic rings. The fourth-order valence-electron chi connectivity index (χ4n) is 5.46. The molecule has 1 unspecified atom stereocenters. The van der Waals surface area contributed by atoms with E-state index >= 15 is 0 Å². The molecule has 0 spiro atoms. The maximum Gasteiger partial charge on any atom is 0.175 e. The van der Waals surface area contributed by atoms with Crippen molar-refractivity contribution in [3.63, 3.8) is 0 Å². The van der Waals surface area contributed by atoms with E-state index in [0.717, 1.165) is 41.2 Å². The standard InChI is InChI=1S/C25H34N4OS/c1-18-9-6-7-14-28(18)17-23-26-25(27-31-23)21-16-29(15-19-10-4-3-5-11-19)24-20(21)12-8-13-22(24)30-2/h8,12-13,16,18-19H,3-7,9-11,14-15,17H2,1-2H3. The van der Waals surface area contributed by atoms with Crippen LogP contribution >= 0.6 is 11.5 Å². The van der Waals surface area contributed by atoms with Gasteiger partial charge in [-0.15, -0.1) is 0 Å². The Balaban J connectivity index is 1.46. The Morgan fingerprint density at radius 3 is 2.74 bits per heavy atom. The summed E-state index contributed by atoms with van der Waals surface area (Å²) in [6, 6.07) is 6.99. The quantitative estimate of drug-likeness (QED) is 0.465. The van der Waals surface area contributed by atoms with Crippen LogP contribution in [0.3, 0.4) is 0 Å². The third-order valence-corrected chi connectivity index (χ3v) is 7.94. The summed E-state index contributed by atoms with van der Waals surface area (Å²) in [7, 11) is 1.77. The number of rotatable bonds is 6. The van der Waals surface area contributed by atoms with Gasteiger partial charge in [-0.1, -0.05) is 37.8 Å². The predicted octanol–water partition coefficient (Wildman–Crippen LogP) is 6.12. The van der Waals surface area contributed by atoms with Crippen molar-refractivity contribution in [1.29, 1.82) is 0 Å². The van der Waals surface area contributed by atoms with Gasteiger partial charge in [0.2, 0.25) is 0 Å². The number of methoxy groups -OCH3 is 1. The molecule has 166 valence electrons. The Morgan fingerprint density at radius 2 is 1.94 bits per heavy atom. The maximum absolute atomic E-state index is 5.76. The zero-order valence-corrected chi connectivity index (χ0v) is 19.7. The first kappa shape index (κ1) is 21.0. The van der Waals surface area contributed by atoms with Gasteiger partial charge in [-0.25, -0.2) is 4.98 Å². The first-order valence-electron chi connectivity index (χ1n) is 12.0. The average molecular weight is 439 g/mol. The van der Waals surface area contributed by atoms with Crippen LogP contribution in [0.25, 0.3) is 22.3 Å². The van der Waals surface area contributed by atoms with Gasteiger partial charge in [-0.05, 0) is 62.7 Å². The number of hydrogen-bond acceptors (Lipinski definition) is 5. The molecule has 2 fully saturated rings. The number of hydrogen-bond donors (Lipinski definition) is 0. The molecule has 1 aliphatic heterocycles. The average Bonchev–Trinajstić information content (AvgIpc) is 3.41. The van der Waals surface area contributed by atoms with E-state index < -0.39 is 0 Å². The lowest BCUT2D eigenvalue weighted by Crippen LogP contribution is -2.36. The molecule has 0 radical (unpaired) electrons. The molecule has 0 bridgehead atoms. The van der Waals surface area contributed by atoms with E-state index in [4.69, 9.17) is 14.1 Å². The van der Waals surface area contributed by atoms with Crippen molar-refractivity contribution in [2.45, 2.75) is 77.4 Å². The van der Waals surface area contributed by atoms with Crippen LogP contribution in [0, 0.1) is 5.92 Å². The van der Waals surface area contributed by atoms with Crippen molar-refractivity contribution in [3.05, 3.63) is 29.4 Å². The zero-order valence-electron chi connectivity index (χ0n) is 18.8. The summed E-state index contributed by atoms with van der Waals surface area (Å²) in [6.07, 6.45) is 13.0. The summed E-state index contributed by atoms with van der Waals surface area (Å²) in [5.74, 6) is 2.56. The fraction of sp³-hybridized carbons (Fsp3) is 0.600. The van der Waals surface area contributed by atoms with Crippen molar-refractivity contribution in [2.24, 2.45) is 5.92 Å². The minimum Gasteiger partial charge on any atom is -0.495 e. The van der Waals surface area contributed by atoms with Crippen LogP contribution in [0.4, 0.5) is 0 Å². The minimum absolute atomic E-state index is 0.641. The van der Waals surface area contributed by atoms with E-state index in [1.54, 1.807) is 18.6 Å². The van der Waals surface area contributed by atoms with Crippen LogP contribution in [0.2, 0.25) is 0 Å². The molecule has 1 saturated heterocycles. The van der Waals surface area contributed by atoms with Crippen molar-refractivity contribution in [1.82, 2.24) is 18.8 Å². The molecule has 1 saturated carbocycles.